The summed E-state index contributed by atoms with van der Waals surface area (Å²) in [6, 6.07) is 11.8. The molecule has 2 rings (SSSR count). The van der Waals surface area contributed by atoms with E-state index in [2.05, 4.69) is 11.9 Å². The Morgan fingerprint density at radius 1 is 1.10 bits per heavy atom. The van der Waals surface area contributed by atoms with E-state index >= 15 is 0 Å². The second kappa shape index (κ2) is 12.3. The van der Waals surface area contributed by atoms with Crippen LogP contribution in [-0.2, 0) is 21.1 Å². The molecule has 0 saturated heterocycles. The summed E-state index contributed by atoms with van der Waals surface area (Å²) in [6.07, 6.45) is 6.92. The number of nitrogens with zero attached hydrogens (tertiary/aromatic N) is 1. The summed E-state index contributed by atoms with van der Waals surface area (Å²) >= 11 is 0. The van der Waals surface area contributed by atoms with Gasteiger partial charge >= 0.3 is 0 Å². The predicted octanol–water partition coefficient (Wildman–Crippen LogP) is 3.71. The number of hydrogen-bond donors (Lipinski definition) is 2. The molecular weight excluding hydrogens is 404 g/mol. The Kier molecular flexibility index (Phi) is 9.76. The van der Waals surface area contributed by atoms with Crippen molar-refractivity contribution in [1.82, 2.24) is 10.5 Å². The SMILES string of the molecule is CCCCCCC(C(=O)NO)S(=O)(=O)c1ccc(OCCCc2ccccn2)cc1. The molecule has 0 bridgehead atoms. The molecule has 2 aromatic rings. The van der Waals surface area contributed by atoms with E-state index in [4.69, 9.17) is 9.94 Å². The van der Waals surface area contributed by atoms with Crippen LogP contribution in [0, 0.1) is 0 Å². The van der Waals surface area contributed by atoms with Gasteiger partial charge in [-0.15, -0.1) is 0 Å². The second-order valence-corrected chi connectivity index (χ2v) is 9.23. The lowest BCUT2D eigenvalue weighted by Crippen LogP contribution is -2.38. The van der Waals surface area contributed by atoms with E-state index in [0.29, 0.717) is 18.8 Å². The number of aromatic nitrogens is 1. The zero-order valence-electron chi connectivity index (χ0n) is 17.3. The van der Waals surface area contributed by atoms with Gasteiger partial charge in [-0.05, 0) is 55.7 Å². The summed E-state index contributed by atoms with van der Waals surface area (Å²) in [5.74, 6) is -0.345. The Morgan fingerprint density at radius 3 is 2.50 bits per heavy atom. The summed E-state index contributed by atoms with van der Waals surface area (Å²) in [4.78, 5) is 16.3. The number of hydroxylamine groups is 1. The quantitative estimate of drug-likeness (QED) is 0.283. The van der Waals surface area contributed by atoms with Gasteiger partial charge in [-0.3, -0.25) is 15.0 Å². The molecule has 0 aliphatic heterocycles. The predicted molar refractivity (Wildman–Crippen MR) is 114 cm³/mol. The number of hydrogen-bond acceptors (Lipinski definition) is 6. The van der Waals surface area contributed by atoms with Crippen LogP contribution in [0.2, 0.25) is 0 Å². The zero-order chi connectivity index (χ0) is 21.8. The third kappa shape index (κ3) is 7.11. The Balaban J connectivity index is 1.95. The molecule has 1 amide bonds. The maximum atomic E-state index is 12.9. The van der Waals surface area contributed by atoms with Gasteiger partial charge in [0.25, 0.3) is 5.91 Å². The van der Waals surface area contributed by atoms with Gasteiger partial charge in [-0.2, -0.15) is 0 Å². The van der Waals surface area contributed by atoms with Crippen molar-refractivity contribution in [2.45, 2.75) is 62.0 Å². The van der Waals surface area contributed by atoms with Gasteiger partial charge in [0, 0.05) is 11.9 Å². The molecule has 8 heteroatoms. The molecule has 0 fully saturated rings. The minimum Gasteiger partial charge on any atom is -0.494 e. The van der Waals surface area contributed by atoms with Gasteiger partial charge in [-0.1, -0.05) is 38.7 Å². The van der Waals surface area contributed by atoms with E-state index in [9.17, 15) is 13.2 Å². The maximum Gasteiger partial charge on any atom is 0.262 e. The molecule has 2 N–H and O–H groups in total. The van der Waals surface area contributed by atoms with E-state index in [0.717, 1.165) is 37.8 Å². The number of ether oxygens (including phenoxy) is 1. The number of rotatable bonds is 13. The highest BCUT2D eigenvalue weighted by molar-refractivity contribution is 7.92. The molecule has 0 aliphatic carbocycles. The first-order valence-electron chi connectivity index (χ1n) is 10.3. The number of unbranched alkanes of at least 4 members (excludes halogenated alkanes) is 3. The fraction of sp³-hybridized carbons (Fsp3) is 0.455. The van der Waals surface area contributed by atoms with Crippen molar-refractivity contribution in [2.75, 3.05) is 6.61 Å². The monoisotopic (exact) mass is 434 g/mol. The van der Waals surface area contributed by atoms with E-state index < -0.39 is 21.0 Å². The van der Waals surface area contributed by atoms with Crippen molar-refractivity contribution in [2.24, 2.45) is 0 Å². The van der Waals surface area contributed by atoms with Crippen LogP contribution in [0.1, 0.15) is 51.1 Å². The third-order valence-electron chi connectivity index (χ3n) is 4.82. The second-order valence-electron chi connectivity index (χ2n) is 7.10. The molecule has 0 radical (unpaired) electrons. The highest BCUT2D eigenvalue weighted by Crippen LogP contribution is 2.23. The van der Waals surface area contributed by atoms with Crippen LogP contribution in [0.25, 0.3) is 0 Å². The largest absolute Gasteiger partial charge is 0.494 e. The van der Waals surface area contributed by atoms with Crippen molar-refractivity contribution in [3.8, 4) is 5.75 Å². The third-order valence-corrected chi connectivity index (χ3v) is 6.95. The van der Waals surface area contributed by atoms with Crippen molar-refractivity contribution in [1.29, 1.82) is 0 Å². The molecule has 0 spiro atoms. The topological polar surface area (TPSA) is 106 Å². The number of aryl methyl sites for hydroxylation is 1. The fourth-order valence-corrected chi connectivity index (χ4v) is 4.79. The molecule has 1 heterocycles. The van der Waals surface area contributed by atoms with Crippen molar-refractivity contribution in [3.63, 3.8) is 0 Å². The van der Waals surface area contributed by atoms with Crippen LogP contribution in [0.3, 0.4) is 0 Å². The van der Waals surface area contributed by atoms with Crippen molar-refractivity contribution in [3.05, 3.63) is 54.4 Å². The molecule has 1 atom stereocenters. The summed E-state index contributed by atoms with van der Waals surface area (Å²) in [5.41, 5.74) is 2.49. The normalized spacial score (nSPS) is 12.3. The molecule has 1 aromatic carbocycles. The molecule has 1 aromatic heterocycles. The van der Waals surface area contributed by atoms with Gasteiger partial charge in [0.2, 0.25) is 0 Å². The standard InChI is InChI=1S/C22H30N2O5S/c1-2-3-4-5-11-21(22(25)24-26)30(27,28)20-14-12-19(13-15-20)29-17-8-10-18-9-6-7-16-23-18/h6-7,9,12-16,21,26H,2-5,8,10-11,17H2,1H3,(H,24,25). The lowest BCUT2D eigenvalue weighted by Gasteiger charge is -2.16. The molecule has 7 nitrogen and oxygen atoms in total. The lowest BCUT2D eigenvalue weighted by molar-refractivity contribution is -0.128. The highest BCUT2D eigenvalue weighted by Gasteiger charge is 2.33. The summed E-state index contributed by atoms with van der Waals surface area (Å²) in [7, 11) is -3.91. The summed E-state index contributed by atoms with van der Waals surface area (Å²) < 4.78 is 31.5. The molecule has 164 valence electrons. The Labute approximate surface area is 178 Å². The van der Waals surface area contributed by atoms with Gasteiger partial charge in [0.1, 0.15) is 11.0 Å². The van der Waals surface area contributed by atoms with Crippen LogP contribution in [0.5, 0.6) is 5.75 Å². The average Bonchev–Trinajstić information content (AvgIpc) is 2.77. The number of carbonyl (C=O) groups is 1. The van der Waals surface area contributed by atoms with Crippen LogP contribution in [0.4, 0.5) is 0 Å². The fourth-order valence-electron chi connectivity index (χ4n) is 3.13. The molecular formula is C22H30N2O5S. The zero-order valence-corrected chi connectivity index (χ0v) is 18.1. The van der Waals surface area contributed by atoms with Gasteiger partial charge in [-0.25, -0.2) is 13.9 Å². The van der Waals surface area contributed by atoms with E-state index in [1.807, 2.05) is 18.2 Å². The Hall–Kier alpha value is -2.45. The minimum absolute atomic E-state index is 0.0347. The number of pyridine rings is 1. The summed E-state index contributed by atoms with van der Waals surface area (Å²) in [6.45, 7) is 2.53. The number of carbonyl (C=O) groups excluding carboxylic acids is 1. The first-order chi connectivity index (χ1) is 14.5. The summed E-state index contributed by atoms with van der Waals surface area (Å²) in [5, 5.41) is 7.66. The van der Waals surface area contributed by atoms with Gasteiger partial charge in [0.05, 0.1) is 11.5 Å². The smallest absolute Gasteiger partial charge is 0.262 e. The van der Waals surface area contributed by atoms with Crippen LogP contribution in [-0.4, -0.2) is 36.4 Å². The molecule has 30 heavy (non-hydrogen) atoms. The number of nitrogens with one attached hydrogen (secondary N) is 1. The van der Waals surface area contributed by atoms with Crippen LogP contribution in [0.15, 0.2) is 53.6 Å². The molecule has 1 unspecified atom stereocenters. The number of sulfone groups is 1. The van der Waals surface area contributed by atoms with Crippen molar-refractivity contribution >= 4 is 15.7 Å². The highest BCUT2D eigenvalue weighted by atomic mass is 32.2. The first kappa shape index (κ1) is 23.8. The first-order valence-corrected chi connectivity index (χ1v) is 11.8. The maximum absolute atomic E-state index is 12.9. The average molecular weight is 435 g/mol. The Morgan fingerprint density at radius 2 is 1.87 bits per heavy atom. The van der Waals surface area contributed by atoms with Gasteiger partial charge in [0.15, 0.2) is 9.84 Å². The number of amides is 1. The van der Waals surface area contributed by atoms with E-state index in [1.165, 1.54) is 17.6 Å². The van der Waals surface area contributed by atoms with Gasteiger partial charge < -0.3 is 4.74 Å². The minimum atomic E-state index is -3.91. The van der Waals surface area contributed by atoms with Crippen LogP contribution >= 0.6 is 0 Å². The van der Waals surface area contributed by atoms with Crippen molar-refractivity contribution < 1.29 is 23.2 Å². The number of benzene rings is 1. The molecule has 0 aliphatic rings. The lowest BCUT2D eigenvalue weighted by atomic mass is 10.1. The van der Waals surface area contributed by atoms with Crippen LogP contribution < -0.4 is 10.2 Å². The van der Waals surface area contributed by atoms with E-state index in [-0.39, 0.29) is 11.3 Å². The molecule has 0 saturated carbocycles. The van der Waals surface area contributed by atoms with E-state index in [1.54, 1.807) is 18.3 Å². The Bertz CT molecular complexity index is 870.